The molecular weight excluding hydrogens is 262 g/mol. The molecule has 0 spiro atoms. The van der Waals surface area contributed by atoms with E-state index in [2.05, 4.69) is 11.9 Å². The lowest BCUT2D eigenvalue weighted by Gasteiger charge is -2.11. The zero-order chi connectivity index (χ0) is 15.1. The Kier molecular flexibility index (Phi) is 5.85. The number of hydrogen-bond donors (Lipinski definition) is 1. The van der Waals surface area contributed by atoms with Crippen molar-refractivity contribution in [2.75, 3.05) is 6.61 Å². The van der Waals surface area contributed by atoms with Crippen molar-refractivity contribution in [2.45, 2.75) is 51.9 Å². The summed E-state index contributed by atoms with van der Waals surface area (Å²) >= 11 is 0. The molecule has 1 atom stereocenters. The molecule has 21 heavy (non-hydrogen) atoms. The number of ether oxygens (including phenoxy) is 1. The average Bonchev–Trinajstić information content (AvgIpc) is 2.93. The Balaban J connectivity index is 1.85. The van der Waals surface area contributed by atoms with E-state index in [0.29, 0.717) is 6.61 Å². The maximum Gasteiger partial charge on any atom is 0.313 e. The fourth-order valence-corrected chi connectivity index (χ4v) is 2.58. The zero-order valence-corrected chi connectivity index (χ0v) is 13.0. The number of benzene rings is 1. The monoisotopic (exact) mass is 287 g/mol. The van der Waals surface area contributed by atoms with Crippen LogP contribution in [0.2, 0.25) is 0 Å². The largest absolute Gasteiger partial charge is 0.465 e. The first-order valence-electron chi connectivity index (χ1n) is 7.96. The van der Waals surface area contributed by atoms with Crippen LogP contribution in [0.1, 0.15) is 57.4 Å². The van der Waals surface area contributed by atoms with Crippen LogP contribution in [-0.2, 0) is 9.53 Å². The van der Waals surface area contributed by atoms with Crippen molar-refractivity contribution in [2.24, 2.45) is 0 Å². The van der Waals surface area contributed by atoms with Gasteiger partial charge in [-0.2, -0.15) is 0 Å². The molecule has 114 valence electrons. The molecule has 1 heterocycles. The number of hydrogen-bond acceptors (Lipinski definition) is 2. The van der Waals surface area contributed by atoms with Crippen LogP contribution in [-0.4, -0.2) is 17.6 Å². The fraction of sp³-hybridized carbons (Fsp3) is 0.500. The second-order valence-corrected chi connectivity index (χ2v) is 5.59. The lowest BCUT2D eigenvalue weighted by atomic mass is 10.0. The zero-order valence-electron chi connectivity index (χ0n) is 13.0. The summed E-state index contributed by atoms with van der Waals surface area (Å²) in [5.74, 6) is -0.355. The van der Waals surface area contributed by atoms with E-state index in [9.17, 15) is 4.79 Å². The lowest BCUT2D eigenvalue weighted by Crippen LogP contribution is -2.13. The maximum atomic E-state index is 12.1. The highest BCUT2D eigenvalue weighted by Crippen LogP contribution is 2.26. The van der Waals surface area contributed by atoms with E-state index in [4.69, 9.17) is 4.74 Å². The summed E-state index contributed by atoms with van der Waals surface area (Å²) in [5, 5.41) is 1.10. The number of carbonyl (C=O) groups is 1. The Bertz CT molecular complexity index is 573. The van der Waals surface area contributed by atoms with E-state index in [1.807, 2.05) is 37.4 Å². The lowest BCUT2D eigenvalue weighted by molar-refractivity contribution is -0.145. The molecule has 0 fully saturated rings. The van der Waals surface area contributed by atoms with Crippen molar-refractivity contribution in [1.29, 1.82) is 0 Å². The number of para-hydroxylation sites is 1. The molecule has 1 N–H and O–H groups in total. The van der Waals surface area contributed by atoms with Crippen LogP contribution < -0.4 is 0 Å². The van der Waals surface area contributed by atoms with Gasteiger partial charge in [0.2, 0.25) is 0 Å². The van der Waals surface area contributed by atoms with E-state index in [-0.39, 0.29) is 11.9 Å². The molecule has 0 saturated carbocycles. The van der Waals surface area contributed by atoms with Gasteiger partial charge in [0.05, 0.1) is 12.5 Å². The topological polar surface area (TPSA) is 42.1 Å². The number of unbranched alkanes of at least 4 members (excludes halogenated alkanes) is 4. The fourth-order valence-electron chi connectivity index (χ4n) is 2.58. The molecule has 0 bridgehead atoms. The Morgan fingerprint density at radius 1 is 1.19 bits per heavy atom. The average molecular weight is 287 g/mol. The summed E-state index contributed by atoms with van der Waals surface area (Å²) in [6, 6.07) is 8.04. The van der Waals surface area contributed by atoms with Gasteiger partial charge in [-0.25, -0.2) is 0 Å². The second kappa shape index (κ2) is 7.87. The minimum Gasteiger partial charge on any atom is -0.465 e. The van der Waals surface area contributed by atoms with Crippen LogP contribution in [0, 0.1) is 0 Å². The molecule has 1 aromatic heterocycles. The van der Waals surface area contributed by atoms with Crippen LogP contribution >= 0.6 is 0 Å². The van der Waals surface area contributed by atoms with Crippen LogP contribution in [0.5, 0.6) is 0 Å². The Morgan fingerprint density at radius 2 is 1.95 bits per heavy atom. The number of carbonyl (C=O) groups excluding carboxylic acids is 1. The minimum atomic E-state index is -0.225. The summed E-state index contributed by atoms with van der Waals surface area (Å²) in [6.07, 6.45) is 7.75. The summed E-state index contributed by atoms with van der Waals surface area (Å²) in [4.78, 5) is 15.3. The van der Waals surface area contributed by atoms with E-state index in [1.165, 1.54) is 19.3 Å². The molecule has 2 rings (SSSR count). The summed E-state index contributed by atoms with van der Waals surface area (Å²) in [5.41, 5.74) is 2.08. The molecule has 1 unspecified atom stereocenters. The van der Waals surface area contributed by atoms with E-state index in [0.717, 1.165) is 29.3 Å². The highest BCUT2D eigenvalue weighted by Gasteiger charge is 2.19. The van der Waals surface area contributed by atoms with Crippen LogP contribution in [0.25, 0.3) is 10.9 Å². The summed E-state index contributed by atoms with van der Waals surface area (Å²) in [6.45, 7) is 4.65. The van der Waals surface area contributed by atoms with Gasteiger partial charge in [-0.3, -0.25) is 4.79 Å². The first-order chi connectivity index (χ1) is 10.2. The first-order valence-corrected chi connectivity index (χ1v) is 7.96. The van der Waals surface area contributed by atoms with Crippen molar-refractivity contribution < 1.29 is 9.53 Å². The van der Waals surface area contributed by atoms with Crippen molar-refractivity contribution in [1.82, 2.24) is 4.98 Å². The molecular formula is C18H25NO2. The molecule has 1 aromatic carbocycles. The summed E-state index contributed by atoms with van der Waals surface area (Å²) in [7, 11) is 0. The summed E-state index contributed by atoms with van der Waals surface area (Å²) < 4.78 is 5.40. The van der Waals surface area contributed by atoms with Gasteiger partial charge in [0, 0.05) is 17.1 Å². The van der Waals surface area contributed by atoms with Crippen LogP contribution in [0.3, 0.4) is 0 Å². The number of aromatic nitrogens is 1. The van der Waals surface area contributed by atoms with E-state index < -0.39 is 0 Å². The molecule has 0 aliphatic carbocycles. The number of esters is 1. The van der Waals surface area contributed by atoms with Crippen LogP contribution in [0.15, 0.2) is 30.5 Å². The second-order valence-electron chi connectivity index (χ2n) is 5.59. The Labute approximate surface area is 126 Å². The molecule has 3 heteroatoms. The van der Waals surface area contributed by atoms with Gasteiger partial charge in [0.25, 0.3) is 0 Å². The maximum absolute atomic E-state index is 12.1. The van der Waals surface area contributed by atoms with Crippen LogP contribution in [0.4, 0.5) is 0 Å². The van der Waals surface area contributed by atoms with Gasteiger partial charge in [0.15, 0.2) is 0 Å². The number of aromatic amines is 1. The van der Waals surface area contributed by atoms with Gasteiger partial charge in [0.1, 0.15) is 0 Å². The smallest absolute Gasteiger partial charge is 0.313 e. The number of rotatable bonds is 8. The van der Waals surface area contributed by atoms with E-state index >= 15 is 0 Å². The van der Waals surface area contributed by atoms with Gasteiger partial charge in [-0.1, -0.05) is 50.8 Å². The van der Waals surface area contributed by atoms with Crippen molar-refractivity contribution in [3.8, 4) is 0 Å². The van der Waals surface area contributed by atoms with Crippen molar-refractivity contribution in [3.63, 3.8) is 0 Å². The third kappa shape index (κ3) is 4.10. The Morgan fingerprint density at radius 3 is 2.76 bits per heavy atom. The van der Waals surface area contributed by atoms with Gasteiger partial charge >= 0.3 is 5.97 Å². The van der Waals surface area contributed by atoms with Crippen molar-refractivity contribution >= 4 is 16.9 Å². The number of fused-ring (bicyclic) bond motifs is 1. The predicted molar refractivity (Wildman–Crippen MR) is 86.4 cm³/mol. The number of nitrogens with one attached hydrogen (secondary N) is 1. The standard InChI is InChI=1S/C18H25NO2/c1-3-4-5-6-9-12-21-18(20)14(2)16-13-19-17-11-8-7-10-15(16)17/h7-8,10-11,13-14,19H,3-6,9,12H2,1-2H3. The number of H-pyrrole nitrogens is 1. The normalized spacial score (nSPS) is 12.5. The third-order valence-corrected chi connectivity index (χ3v) is 3.93. The SMILES string of the molecule is CCCCCCCOC(=O)C(C)c1c[nH]c2ccccc12. The minimum absolute atomic E-state index is 0.129. The molecule has 2 aromatic rings. The molecule has 0 radical (unpaired) electrons. The quantitative estimate of drug-likeness (QED) is 0.560. The molecule has 0 saturated heterocycles. The third-order valence-electron chi connectivity index (χ3n) is 3.93. The highest BCUT2D eigenvalue weighted by atomic mass is 16.5. The first kappa shape index (κ1) is 15.6. The van der Waals surface area contributed by atoms with Gasteiger partial charge in [-0.05, 0) is 25.0 Å². The van der Waals surface area contributed by atoms with Gasteiger partial charge in [-0.15, -0.1) is 0 Å². The van der Waals surface area contributed by atoms with Crippen molar-refractivity contribution in [3.05, 3.63) is 36.0 Å². The molecule has 0 aliphatic heterocycles. The van der Waals surface area contributed by atoms with E-state index in [1.54, 1.807) is 0 Å². The molecule has 3 nitrogen and oxygen atoms in total. The molecule has 0 aliphatic rings. The van der Waals surface area contributed by atoms with Gasteiger partial charge < -0.3 is 9.72 Å². The highest BCUT2D eigenvalue weighted by molar-refractivity contribution is 5.89. The Hall–Kier alpha value is -1.77. The predicted octanol–water partition coefficient (Wildman–Crippen LogP) is 4.79. The molecule has 0 amide bonds.